The van der Waals surface area contributed by atoms with E-state index in [2.05, 4.69) is 10.6 Å². The molecule has 8 heteroatoms. The molecule has 1 heterocycles. The van der Waals surface area contributed by atoms with Crippen LogP contribution in [0.1, 0.15) is 12.0 Å². The molecule has 1 saturated heterocycles. The number of benzene rings is 1. The van der Waals surface area contributed by atoms with Crippen LogP contribution in [0.5, 0.6) is 0 Å². The fourth-order valence-electron chi connectivity index (χ4n) is 2.73. The second kappa shape index (κ2) is 9.12. The molecule has 1 aromatic rings. The zero-order valence-electron chi connectivity index (χ0n) is 14.5. The Morgan fingerprint density at radius 2 is 2.24 bits per heavy atom. The molecule has 1 aromatic carbocycles. The van der Waals surface area contributed by atoms with Crippen LogP contribution in [0.4, 0.5) is 4.39 Å². The van der Waals surface area contributed by atoms with E-state index in [1.807, 2.05) is 19.0 Å². The quantitative estimate of drug-likeness (QED) is 0.747. The summed E-state index contributed by atoms with van der Waals surface area (Å²) in [6.07, 6.45) is 0.0331. The molecule has 0 radical (unpaired) electrons. The summed E-state index contributed by atoms with van der Waals surface area (Å²) < 4.78 is 14.0. The van der Waals surface area contributed by atoms with Crippen molar-refractivity contribution >= 4 is 23.4 Å². The zero-order chi connectivity index (χ0) is 18.4. The minimum atomic E-state index is -0.635. The van der Waals surface area contributed by atoms with Crippen molar-refractivity contribution in [2.45, 2.75) is 19.0 Å². The van der Waals surface area contributed by atoms with Gasteiger partial charge in [0.25, 0.3) is 0 Å². The molecule has 2 amide bonds. The van der Waals surface area contributed by atoms with Crippen LogP contribution in [0.3, 0.4) is 0 Å². The van der Waals surface area contributed by atoms with Crippen molar-refractivity contribution in [3.8, 4) is 0 Å². The monoisotopic (exact) mass is 370 g/mol. The lowest BCUT2D eigenvalue weighted by Crippen LogP contribution is -2.56. The van der Waals surface area contributed by atoms with Crippen LogP contribution < -0.4 is 10.6 Å². The molecular formula is C17H24ClFN4O2. The van der Waals surface area contributed by atoms with Gasteiger partial charge in [0, 0.05) is 43.3 Å². The molecule has 1 atom stereocenters. The smallest absolute Gasteiger partial charge is 0.237 e. The normalized spacial score (nSPS) is 18.3. The average Bonchev–Trinajstić information content (AvgIpc) is 2.53. The third kappa shape index (κ3) is 5.66. The third-order valence-corrected chi connectivity index (χ3v) is 4.48. The molecule has 1 aliphatic rings. The van der Waals surface area contributed by atoms with E-state index >= 15 is 0 Å². The van der Waals surface area contributed by atoms with E-state index in [1.54, 1.807) is 17.0 Å². The molecule has 138 valence electrons. The highest BCUT2D eigenvalue weighted by Gasteiger charge is 2.32. The lowest BCUT2D eigenvalue weighted by molar-refractivity contribution is -0.134. The summed E-state index contributed by atoms with van der Waals surface area (Å²) in [5.41, 5.74) is 0.344. The van der Waals surface area contributed by atoms with E-state index in [1.165, 1.54) is 6.07 Å². The summed E-state index contributed by atoms with van der Waals surface area (Å²) in [6, 6.07) is 3.87. The van der Waals surface area contributed by atoms with Crippen molar-refractivity contribution in [3.05, 3.63) is 34.6 Å². The van der Waals surface area contributed by atoms with Crippen LogP contribution in [-0.2, 0) is 16.1 Å². The van der Waals surface area contributed by atoms with Gasteiger partial charge >= 0.3 is 0 Å². The Labute approximate surface area is 152 Å². The minimum absolute atomic E-state index is 0.0331. The second-order valence-corrected chi connectivity index (χ2v) is 6.74. The molecule has 1 fully saturated rings. The molecule has 0 aromatic heterocycles. The summed E-state index contributed by atoms with van der Waals surface area (Å²) in [5.74, 6) is -0.831. The van der Waals surface area contributed by atoms with E-state index in [9.17, 15) is 14.0 Å². The maximum Gasteiger partial charge on any atom is 0.237 e. The van der Waals surface area contributed by atoms with Gasteiger partial charge in [-0.3, -0.25) is 14.5 Å². The maximum atomic E-state index is 14.0. The van der Waals surface area contributed by atoms with Crippen LogP contribution >= 0.6 is 11.6 Å². The highest BCUT2D eigenvalue weighted by molar-refractivity contribution is 6.31. The number of carbonyl (C=O) groups excluding carboxylic acids is 2. The van der Waals surface area contributed by atoms with Crippen LogP contribution in [0.2, 0.25) is 5.02 Å². The molecular weight excluding hydrogens is 347 g/mol. The number of amides is 2. The van der Waals surface area contributed by atoms with Gasteiger partial charge in [0.2, 0.25) is 11.8 Å². The second-order valence-electron chi connectivity index (χ2n) is 6.33. The standard InChI is InChI=1S/C17H24ClFN4O2/c1-22(2)8-6-20-16(24)10-15-17(25)21-7-9-23(15)11-12-13(18)4-3-5-14(12)19/h3-5,15H,6-11H2,1-2H3,(H,20,24)(H,21,25)/t15-/m1/s1. The van der Waals surface area contributed by atoms with Crippen molar-refractivity contribution in [2.24, 2.45) is 0 Å². The summed E-state index contributed by atoms with van der Waals surface area (Å²) in [4.78, 5) is 28.1. The first-order valence-electron chi connectivity index (χ1n) is 8.24. The Balaban J connectivity index is 2.03. The highest BCUT2D eigenvalue weighted by atomic mass is 35.5. The fourth-order valence-corrected chi connectivity index (χ4v) is 2.95. The number of nitrogens with zero attached hydrogens (tertiary/aromatic N) is 2. The third-order valence-electron chi connectivity index (χ3n) is 4.12. The lowest BCUT2D eigenvalue weighted by Gasteiger charge is -2.35. The number of halogens is 2. The van der Waals surface area contributed by atoms with Gasteiger partial charge in [0.05, 0.1) is 12.5 Å². The topological polar surface area (TPSA) is 64.7 Å². The Morgan fingerprint density at radius 3 is 2.92 bits per heavy atom. The van der Waals surface area contributed by atoms with Gasteiger partial charge < -0.3 is 15.5 Å². The van der Waals surface area contributed by atoms with E-state index in [0.717, 1.165) is 6.54 Å². The predicted molar refractivity (Wildman–Crippen MR) is 94.8 cm³/mol. The van der Waals surface area contributed by atoms with E-state index in [-0.39, 0.29) is 24.8 Å². The lowest BCUT2D eigenvalue weighted by atomic mass is 10.1. The number of carbonyl (C=O) groups is 2. The Kier molecular flexibility index (Phi) is 7.16. The van der Waals surface area contributed by atoms with Crippen LogP contribution in [0, 0.1) is 5.82 Å². The summed E-state index contributed by atoms with van der Waals surface area (Å²) >= 11 is 6.09. The van der Waals surface area contributed by atoms with Crippen molar-refractivity contribution in [1.82, 2.24) is 20.4 Å². The Morgan fingerprint density at radius 1 is 1.48 bits per heavy atom. The largest absolute Gasteiger partial charge is 0.355 e. The molecule has 6 nitrogen and oxygen atoms in total. The first-order valence-corrected chi connectivity index (χ1v) is 8.62. The number of rotatable bonds is 7. The molecule has 2 N–H and O–H groups in total. The number of hydrogen-bond acceptors (Lipinski definition) is 4. The van der Waals surface area contributed by atoms with Crippen LogP contribution in [-0.4, -0.2) is 67.9 Å². The van der Waals surface area contributed by atoms with E-state index in [4.69, 9.17) is 11.6 Å². The van der Waals surface area contributed by atoms with Crippen LogP contribution in [0.15, 0.2) is 18.2 Å². The fraction of sp³-hybridized carbons (Fsp3) is 0.529. The molecule has 0 aliphatic carbocycles. The van der Waals surface area contributed by atoms with Crippen LogP contribution in [0.25, 0.3) is 0 Å². The number of nitrogens with one attached hydrogen (secondary N) is 2. The summed E-state index contributed by atoms with van der Waals surface area (Å²) in [6.45, 7) is 2.42. The van der Waals surface area contributed by atoms with Crippen molar-refractivity contribution < 1.29 is 14.0 Å². The average molecular weight is 371 g/mol. The highest BCUT2D eigenvalue weighted by Crippen LogP contribution is 2.23. The number of hydrogen-bond donors (Lipinski definition) is 2. The molecule has 0 saturated carbocycles. The molecule has 25 heavy (non-hydrogen) atoms. The summed E-state index contributed by atoms with van der Waals surface area (Å²) in [5, 5.41) is 5.88. The van der Waals surface area contributed by atoms with E-state index in [0.29, 0.717) is 30.2 Å². The molecule has 0 unspecified atom stereocenters. The van der Waals surface area contributed by atoms with Gasteiger partial charge in [-0.15, -0.1) is 0 Å². The van der Waals surface area contributed by atoms with Crippen molar-refractivity contribution in [1.29, 1.82) is 0 Å². The van der Waals surface area contributed by atoms with Crippen molar-refractivity contribution in [2.75, 3.05) is 40.3 Å². The zero-order valence-corrected chi connectivity index (χ0v) is 15.3. The first kappa shape index (κ1) is 19.6. The van der Waals surface area contributed by atoms with Gasteiger partial charge in [-0.25, -0.2) is 4.39 Å². The molecule has 1 aliphatic heterocycles. The van der Waals surface area contributed by atoms with Gasteiger partial charge in [0.1, 0.15) is 5.82 Å². The van der Waals surface area contributed by atoms with Crippen molar-refractivity contribution in [3.63, 3.8) is 0 Å². The summed E-state index contributed by atoms with van der Waals surface area (Å²) in [7, 11) is 3.83. The molecule has 2 rings (SSSR count). The van der Waals surface area contributed by atoms with Gasteiger partial charge in [0.15, 0.2) is 0 Å². The van der Waals surface area contributed by atoms with Gasteiger partial charge in [-0.2, -0.15) is 0 Å². The molecule has 0 spiro atoms. The Hall–Kier alpha value is -1.70. The van der Waals surface area contributed by atoms with E-state index < -0.39 is 11.9 Å². The van der Waals surface area contributed by atoms with Gasteiger partial charge in [-0.05, 0) is 26.2 Å². The first-order chi connectivity index (χ1) is 11.9. The molecule has 0 bridgehead atoms. The number of likely N-dealkylation sites (N-methyl/N-ethyl adjacent to an activating group) is 1. The Bertz CT molecular complexity index is 606. The maximum absolute atomic E-state index is 14.0. The SMILES string of the molecule is CN(C)CCNC(=O)C[C@@H]1C(=O)NCCN1Cc1c(F)cccc1Cl. The number of piperazine rings is 1. The van der Waals surface area contributed by atoms with Gasteiger partial charge in [-0.1, -0.05) is 17.7 Å². The minimum Gasteiger partial charge on any atom is -0.355 e. The predicted octanol–water partition coefficient (Wildman–Crippen LogP) is 0.847.